The zero-order valence-electron chi connectivity index (χ0n) is 18.0. The van der Waals surface area contributed by atoms with Gasteiger partial charge in [-0.2, -0.15) is 10.4 Å². The van der Waals surface area contributed by atoms with Crippen LogP contribution in [0.25, 0.3) is 5.69 Å². The summed E-state index contributed by atoms with van der Waals surface area (Å²) in [6.07, 6.45) is 1.61. The number of carbonyl (C=O) groups excluding carboxylic acids is 1. The number of piperazine rings is 1. The van der Waals surface area contributed by atoms with Crippen LogP contribution in [0.4, 0.5) is 0 Å². The smallest absolute Gasteiger partial charge is 0.257 e. The second-order valence-electron chi connectivity index (χ2n) is 7.67. The molecule has 2 aromatic carbocycles. The van der Waals surface area contributed by atoms with E-state index in [-0.39, 0.29) is 11.9 Å². The molecule has 1 fully saturated rings. The largest absolute Gasteiger partial charge is 0.497 e. The Bertz CT molecular complexity index is 1140. The predicted octanol–water partition coefficient (Wildman–Crippen LogP) is 3.87. The Morgan fingerprint density at radius 2 is 1.88 bits per heavy atom. The number of rotatable bonds is 5. The molecule has 1 aliphatic heterocycles. The van der Waals surface area contributed by atoms with Gasteiger partial charge in [0.2, 0.25) is 0 Å². The molecule has 1 aliphatic rings. The van der Waals surface area contributed by atoms with Gasteiger partial charge in [-0.05, 0) is 42.8 Å². The molecule has 0 N–H and O–H groups in total. The number of hydrogen-bond acceptors (Lipinski definition) is 5. The number of methoxy groups -OCH3 is 1. The lowest BCUT2D eigenvalue weighted by atomic mass is 10.1. The minimum Gasteiger partial charge on any atom is -0.497 e. The van der Waals surface area contributed by atoms with Gasteiger partial charge in [-0.25, -0.2) is 4.68 Å². The van der Waals surface area contributed by atoms with Gasteiger partial charge in [0.15, 0.2) is 0 Å². The second kappa shape index (κ2) is 9.43. The van der Waals surface area contributed by atoms with Crippen LogP contribution in [-0.4, -0.2) is 58.8 Å². The van der Waals surface area contributed by atoms with Crippen molar-refractivity contribution in [2.24, 2.45) is 0 Å². The Hall–Kier alpha value is -3.34. The van der Waals surface area contributed by atoms with E-state index < -0.39 is 0 Å². The molecular formula is C24H24ClN5O2. The molecule has 0 radical (unpaired) electrons. The van der Waals surface area contributed by atoms with Crippen molar-refractivity contribution in [2.75, 3.05) is 33.3 Å². The zero-order chi connectivity index (χ0) is 22.7. The van der Waals surface area contributed by atoms with Crippen molar-refractivity contribution in [2.45, 2.75) is 13.0 Å². The monoisotopic (exact) mass is 449 g/mol. The molecule has 8 heteroatoms. The second-order valence-corrected chi connectivity index (χ2v) is 8.10. The number of nitrogens with zero attached hydrogens (tertiary/aromatic N) is 5. The zero-order valence-corrected chi connectivity index (χ0v) is 18.8. The van der Waals surface area contributed by atoms with E-state index in [0.29, 0.717) is 36.8 Å². The number of amides is 1. The van der Waals surface area contributed by atoms with Crippen molar-refractivity contribution in [3.05, 3.63) is 76.6 Å². The van der Waals surface area contributed by atoms with E-state index in [1.807, 2.05) is 54.3 Å². The quantitative estimate of drug-likeness (QED) is 0.591. The fraction of sp³-hybridized carbons (Fsp3) is 0.292. The summed E-state index contributed by atoms with van der Waals surface area (Å²) >= 11 is 6.10. The summed E-state index contributed by atoms with van der Waals surface area (Å²) in [7, 11) is 1.62. The first-order chi connectivity index (χ1) is 15.5. The molecule has 0 bridgehead atoms. The highest BCUT2D eigenvalue weighted by atomic mass is 35.5. The Labute approximate surface area is 192 Å². The number of aromatic nitrogens is 2. The van der Waals surface area contributed by atoms with Gasteiger partial charge in [-0.3, -0.25) is 9.69 Å². The van der Waals surface area contributed by atoms with Crippen molar-refractivity contribution < 1.29 is 9.53 Å². The highest BCUT2D eigenvalue weighted by Gasteiger charge is 2.29. The number of halogens is 1. The molecule has 0 aliphatic carbocycles. The van der Waals surface area contributed by atoms with E-state index in [0.717, 1.165) is 22.7 Å². The molecule has 164 valence electrons. The number of ether oxygens (including phenoxy) is 1. The van der Waals surface area contributed by atoms with E-state index in [1.54, 1.807) is 24.1 Å². The number of hydrogen-bond donors (Lipinski definition) is 0. The van der Waals surface area contributed by atoms with Crippen LogP contribution < -0.4 is 4.74 Å². The minimum atomic E-state index is -0.356. The van der Waals surface area contributed by atoms with Gasteiger partial charge in [0.05, 0.1) is 36.3 Å². The molecular weight excluding hydrogens is 426 g/mol. The number of carbonyl (C=O) groups is 1. The highest BCUT2D eigenvalue weighted by Crippen LogP contribution is 2.25. The minimum absolute atomic E-state index is 0.0478. The van der Waals surface area contributed by atoms with Crippen molar-refractivity contribution in [1.82, 2.24) is 19.6 Å². The van der Waals surface area contributed by atoms with Crippen molar-refractivity contribution in [3.8, 4) is 17.5 Å². The normalized spacial score (nSPS) is 15.2. The third kappa shape index (κ3) is 4.33. The summed E-state index contributed by atoms with van der Waals surface area (Å²) < 4.78 is 6.93. The Balaban J connectivity index is 1.44. The van der Waals surface area contributed by atoms with E-state index in [1.165, 1.54) is 0 Å². The summed E-state index contributed by atoms with van der Waals surface area (Å²) in [5.74, 6) is 0.711. The van der Waals surface area contributed by atoms with Crippen LogP contribution in [0, 0.1) is 18.3 Å². The maximum Gasteiger partial charge on any atom is 0.257 e. The van der Waals surface area contributed by atoms with Gasteiger partial charge >= 0.3 is 0 Å². The molecule has 1 aromatic heterocycles. The van der Waals surface area contributed by atoms with Crippen molar-refractivity contribution >= 4 is 17.5 Å². The fourth-order valence-corrected chi connectivity index (χ4v) is 4.18. The topological polar surface area (TPSA) is 74.4 Å². The Morgan fingerprint density at radius 3 is 2.50 bits per heavy atom. The summed E-state index contributed by atoms with van der Waals surface area (Å²) in [4.78, 5) is 17.1. The van der Waals surface area contributed by atoms with E-state index in [9.17, 15) is 10.1 Å². The van der Waals surface area contributed by atoms with Gasteiger partial charge in [-0.15, -0.1) is 0 Å². The fourth-order valence-electron chi connectivity index (χ4n) is 3.99. The summed E-state index contributed by atoms with van der Waals surface area (Å²) in [5.41, 5.74) is 3.08. The first-order valence-corrected chi connectivity index (χ1v) is 10.8. The SMILES string of the molecule is COc1ccc(C(C#N)N2CCN(C(=O)c3cnn(-c4cccc(Cl)c4)c3C)CC2)cc1. The molecule has 32 heavy (non-hydrogen) atoms. The van der Waals surface area contributed by atoms with Crippen molar-refractivity contribution in [3.63, 3.8) is 0 Å². The van der Waals surface area contributed by atoms with Crippen LogP contribution >= 0.6 is 11.6 Å². The molecule has 1 saturated heterocycles. The van der Waals surface area contributed by atoms with Gasteiger partial charge in [0, 0.05) is 31.2 Å². The molecule has 1 amide bonds. The van der Waals surface area contributed by atoms with Crippen molar-refractivity contribution in [1.29, 1.82) is 5.26 Å². The van der Waals surface area contributed by atoms with Crippen LogP contribution in [0.15, 0.2) is 54.7 Å². The van der Waals surface area contributed by atoms with Crippen LogP contribution in [0.1, 0.15) is 27.7 Å². The molecule has 3 aromatic rings. The average Bonchev–Trinajstić information content (AvgIpc) is 3.21. The van der Waals surface area contributed by atoms with E-state index in [4.69, 9.17) is 16.3 Å². The van der Waals surface area contributed by atoms with E-state index in [2.05, 4.69) is 16.1 Å². The first kappa shape index (κ1) is 21.9. The molecule has 1 atom stereocenters. The number of benzene rings is 2. The first-order valence-electron chi connectivity index (χ1n) is 10.4. The predicted molar refractivity (Wildman–Crippen MR) is 122 cm³/mol. The Morgan fingerprint density at radius 1 is 1.16 bits per heavy atom. The molecule has 7 nitrogen and oxygen atoms in total. The third-order valence-corrected chi connectivity index (χ3v) is 6.05. The van der Waals surface area contributed by atoms with E-state index >= 15 is 0 Å². The average molecular weight is 450 g/mol. The maximum absolute atomic E-state index is 13.2. The lowest BCUT2D eigenvalue weighted by Gasteiger charge is -2.37. The van der Waals surface area contributed by atoms with Gasteiger partial charge < -0.3 is 9.64 Å². The molecule has 0 spiro atoms. The molecule has 0 saturated carbocycles. The molecule has 4 rings (SSSR count). The molecule has 2 heterocycles. The number of nitriles is 1. The highest BCUT2D eigenvalue weighted by molar-refractivity contribution is 6.30. The van der Waals surface area contributed by atoms with Gasteiger partial charge in [-0.1, -0.05) is 29.8 Å². The molecule has 1 unspecified atom stereocenters. The van der Waals surface area contributed by atoms with Crippen LogP contribution in [0.3, 0.4) is 0 Å². The summed E-state index contributed by atoms with van der Waals surface area (Å²) in [6.45, 7) is 4.23. The standard InChI is InChI=1S/C24H24ClN5O2/c1-17-22(16-27-30(17)20-5-3-4-19(25)14-20)24(31)29-12-10-28(11-13-29)23(15-26)18-6-8-21(32-2)9-7-18/h3-9,14,16,23H,10-13H2,1-2H3. The van der Waals surface area contributed by atoms with Crippen LogP contribution in [0.5, 0.6) is 5.75 Å². The van der Waals surface area contributed by atoms with Crippen LogP contribution in [0.2, 0.25) is 5.02 Å². The summed E-state index contributed by atoms with van der Waals surface area (Å²) in [6, 6.07) is 17.0. The van der Waals surface area contributed by atoms with Crippen LogP contribution in [-0.2, 0) is 0 Å². The summed E-state index contributed by atoms with van der Waals surface area (Å²) in [5, 5.41) is 14.8. The Kier molecular flexibility index (Phi) is 6.45. The third-order valence-electron chi connectivity index (χ3n) is 5.81. The van der Waals surface area contributed by atoms with Gasteiger partial charge in [0.25, 0.3) is 5.91 Å². The van der Waals surface area contributed by atoms with Gasteiger partial charge in [0.1, 0.15) is 11.8 Å². The lowest BCUT2D eigenvalue weighted by Crippen LogP contribution is -2.49. The maximum atomic E-state index is 13.2. The lowest BCUT2D eigenvalue weighted by molar-refractivity contribution is 0.0605.